The molecule has 0 unspecified atom stereocenters. The first-order chi connectivity index (χ1) is 15.5. The van der Waals surface area contributed by atoms with Crippen LogP contribution < -0.4 is 10.4 Å². The van der Waals surface area contributed by atoms with Gasteiger partial charge in [-0.05, 0) is 59.2 Å². The molecule has 2 heterocycles. The monoisotopic (exact) mass is 445 g/mol. The summed E-state index contributed by atoms with van der Waals surface area (Å²) < 4.78 is 0. The first-order valence-corrected chi connectivity index (χ1v) is 10.5. The van der Waals surface area contributed by atoms with Crippen LogP contribution in [0.25, 0.3) is 21.6 Å². The molecule has 0 saturated heterocycles. The number of aromatic nitrogens is 1. The second-order valence-electron chi connectivity index (χ2n) is 6.85. The molecule has 0 spiro atoms. The highest BCUT2D eigenvalue weighted by Gasteiger charge is 2.19. The van der Waals surface area contributed by atoms with Gasteiger partial charge >= 0.3 is 6.09 Å². The molecule has 2 amide bonds. The van der Waals surface area contributed by atoms with E-state index in [9.17, 15) is 19.8 Å². The van der Waals surface area contributed by atoms with Crippen LogP contribution >= 0.6 is 11.3 Å². The molecule has 0 atom stereocenters. The number of carbonyl (C=O) groups excluding carboxylic acids is 1. The highest BCUT2D eigenvalue weighted by molar-refractivity contribution is 7.15. The Bertz CT molecular complexity index is 1220. The Morgan fingerprint density at radius 1 is 0.906 bits per heavy atom. The maximum atomic E-state index is 12.7. The van der Waals surface area contributed by atoms with Gasteiger partial charge in [-0.25, -0.2) is 4.79 Å². The molecule has 0 bridgehead atoms. The first kappa shape index (κ1) is 21.2. The van der Waals surface area contributed by atoms with Gasteiger partial charge in [-0.2, -0.15) is 5.01 Å². The van der Waals surface area contributed by atoms with Gasteiger partial charge in [0.15, 0.2) is 0 Å². The van der Waals surface area contributed by atoms with Crippen LogP contribution in [0, 0.1) is 0 Å². The van der Waals surface area contributed by atoms with E-state index in [1.54, 1.807) is 60.9 Å². The van der Waals surface area contributed by atoms with Gasteiger partial charge in [-0.1, -0.05) is 30.3 Å². The number of hydrazine groups is 1. The number of carbonyl (C=O) groups is 2. The molecule has 2 aromatic carbocycles. The molecular weight excluding hydrogens is 426 g/mol. The lowest BCUT2D eigenvalue weighted by Crippen LogP contribution is -2.45. The summed E-state index contributed by atoms with van der Waals surface area (Å²) in [6, 6.07) is 21.1. The van der Waals surface area contributed by atoms with Crippen molar-refractivity contribution >= 4 is 29.0 Å². The number of nitrogens with zero attached hydrogens (tertiary/aromatic N) is 2. The summed E-state index contributed by atoms with van der Waals surface area (Å²) in [5.41, 5.74) is 5.78. The predicted molar refractivity (Wildman–Crippen MR) is 123 cm³/mol. The number of amides is 2. The van der Waals surface area contributed by atoms with Crippen LogP contribution in [0.4, 0.5) is 10.5 Å². The highest BCUT2D eigenvalue weighted by atomic mass is 32.1. The quantitative estimate of drug-likeness (QED) is 0.383. The minimum atomic E-state index is -1.31. The number of hydrogen-bond donors (Lipinski definition) is 3. The molecule has 0 radical (unpaired) electrons. The van der Waals surface area contributed by atoms with Crippen molar-refractivity contribution in [2.45, 2.75) is 6.61 Å². The molecule has 0 saturated carbocycles. The van der Waals surface area contributed by atoms with E-state index >= 15 is 0 Å². The van der Waals surface area contributed by atoms with Crippen molar-refractivity contribution in [3.05, 3.63) is 95.6 Å². The summed E-state index contributed by atoms with van der Waals surface area (Å²) in [4.78, 5) is 30.3. The van der Waals surface area contributed by atoms with Crippen LogP contribution in [0.5, 0.6) is 0 Å². The van der Waals surface area contributed by atoms with Crippen LogP contribution in [0.15, 0.2) is 85.2 Å². The van der Waals surface area contributed by atoms with E-state index in [0.29, 0.717) is 11.3 Å². The zero-order valence-corrected chi connectivity index (χ0v) is 17.6. The van der Waals surface area contributed by atoms with Gasteiger partial charge in [-0.15, -0.1) is 11.3 Å². The summed E-state index contributed by atoms with van der Waals surface area (Å²) >= 11 is 1.46. The molecule has 8 heteroatoms. The predicted octanol–water partition coefficient (Wildman–Crippen LogP) is 4.80. The lowest BCUT2D eigenvalue weighted by molar-refractivity contribution is 0.0944. The van der Waals surface area contributed by atoms with E-state index in [1.807, 2.05) is 24.3 Å². The first-order valence-electron chi connectivity index (χ1n) is 9.69. The summed E-state index contributed by atoms with van der Waals surface area (Å²) in [5.74, 6) is -0.542. The van der Waals surface area contributed by atoms with E-state index in [-0.39, 0.29) is 6.61 Å². The van der Waals surface area contributed by atoms with Gasteiger partial charge in [0.05, 0.1) is 12.3 Å². The Morgan fingerprint density at radius 2 is 1.62 bits per heavy atom. The minimum Gasteiger partial charge on any atom is -0.463 e. The highest BCUT2D eigenvalue weighted by Crippen LogP contribution is 2.29. The fourth-order valence-electron chi connectivity index (χ4n) is 3.13. The molecule has 32 heavy (non-hydrogen) atoms. The second kappa shape index (κ2) is 9.42. The molecule has 2 aromatic heterocycles. The lowest BCUT2D eigenvalue weighted by atomic mass is 10.1. The van der Waals surface area contributed by atoms with Crippen molar-refractivity contribution in [1.82, 2.24) is 10.4 Å². The van der Waals surface area contributed by atoms with E-state index in [1.165, 1.54) is 11.3 Å². The number of aliphatic hydroxyl groups is 1. The van der Waals surface area contributed by atoms with E-state index in [4.69, 9.17) is 0 Å². The van der Waals surface area contributed by atoms with Crippen LogP contribution in [0.3, 0.4) is 0 Å². The Balaban J connectivity index is 1.49. The normalized spacial score (nSPS) is 10.5. The number of pyridine rings is 1. The number of anilines is 1. The van der Waals surface area contributed by atoms with Gasteiger partial charge in [-0.3, -0.25) is 15.2 Å². The van der Waals surface area contributed by atoms with Gasteiger partial charge in [0.1, 0.15) is 0 Å². The van der Waals surface area contributed by atoms with Gasteiger partial charge in [0.25, 0.3) is 5.91 Å². The number of carboxylic acid groups (broad SMARTS) is 1. The van der Waals surface area contributed by atoms with Crippen LogP contribution in [-0.4, -0.2) is 27.2 Å². The maximum absolute atomic E-state index is 12.7. The molecule has 3 N–H and O–H groups in total. The second-order valence-corrected chi connectivity index (χ2v) is 8.02. The summed E-state index contributed by atoms with van der Waals surface area (Å²) in [5, 5.41) is 19.6. The van der Waals surface area contributed by atoms with Crippen molar-refractivity contribution in [3.63, 3.8) is 0 Å². The average Bonchev–Trinajstić information content (AvgIpc) is 3.32. The molecule has 0 aliphatic heterocycles. The third kappa shape index (κ3) is 4.66. The molecule has 7 nitrogen and oxygen atoms in total. The standard InChI is InChI=1S/C24H19N3O4S/c28-15-21-11-12-22(32-21)17-7-9-20(10-8-17)27(24(30)31)26-23(29)18-5-3-16(4-6-18)19-2-1-13-25-14-19/h1-14,28H,15H2,(H,26,29)(H,30,31). The van der Waals surface area contributed by atoms with Crippen molar-refractivity contribution in [3.8, 4) is 21.6 Å². The largest absolute Gasteiger partial charge is 0.463 e. The molecule has 160 valence electrons. The smallest absolute Gasteiger partial charge is 0.431 e. The zero-order valence-electron chi connectivity index (χ0n) is 16.8. The number of rotatable bonds is 5. The Hall–Kier alpha value is -4.01. The third-order valence-electron chi connectivity index (χ3n) is 4.77. The van der Waals surface area contributed by atoms with E-state index in [0.717, 1.165) is 31.5 Å². The summed E-state index contributed by atoms with van der Waals surface area (Å²) in [6.07, 6.45) is 2.10. The number of aliphatic hydroxyl groups excluding tert-OH is 1. The number of hydrogen-bond acceptors (Lipinski definition) is 5. The van der Waals surface area contributed by atoms with Gasteiger partial charge in [0, 0.05) is 27.7 Å². The molecule has 4 aromatic rings. The van der Waals surface area contributed by atoms with E-state index < -0.39 is 12.0 Å². The topological polar surface area (TPSA) is 103 Å². The number of thiophene rings is 1. The Kier molecular flexibility index (Phi) is 6.25. The van der Waals surface area contributed by atoms with E-state index in [2.05, 4.69) is 10.4 Å². The van der Waals surface area contributed by atoms with Crippen LogP contribution in [-0.2, 0) is 6.61 Å². The molecule has 4 rings (SSSR count). The fourth-order valence-corrected chi connectivity index (χ4v) is 4.00. The zero-order chi connectivity index (χ0) is 22.5. The van der Waals surface area contributed by atoms with Gasteiger partial charge < -0.3 is 10.2 Å². The van der Waals surface area contributed by atoms with Crippen molar-refractivity contribution in [2.75, 3.05) is 5.01 Å². The number of benzene rings is 2. The lowest BCUT2D eigenvalue weighted by Gasteiger charge is -2.20. The van der Waals surface area contributed by atoms with Crippen LogP contribution in [0.1, 0.15) is 15.2 Å². The summed E-state index contributed by atoms with van der Waals surface area (Å²) in [6.45, 7) is -0.0230. The molecule has 0 aliphatic carbocycles. The molecule has 0 aliphatic rings. The SMILES string of the molecule is O=C(NN(C(=O)O)c1ccc(-c2ccc(CO)s2)cc1)c1ccc(-c2cccnc2)cc1. The summed E-state index contributed by atoms with van der Waals surface area (Å²) in [7, 11) is 0. The van der Waals surface area contributed by atoms with Crippen LogP contribution in [0.2, 0.25) is 0 Å². The van der Waals surface area contributed by atoms with Gasteiger partial charge in [0.2, 0.25) is 0 Å². The maximum Gasteiger partial charge on any atom is 0.431 e. The number of nitrogens with one attached hydrogen (secondary N) is 1. The Morgan fingerprint density at radius 3 is 2.22 bits per heavy atom. The third-order valence-corrected chi connectivity index (χ3v) is 5.89. The minimum absolute atomic E-state index is 0.0230. The molecular formula is C24H19N3O4S. The average molecular weight is 446 g/mol. The van der Waals surface area contributed by atoms with Crippen molar-refractivity contribution in [1.29, 1.82) is 0 Å². The van der Waals surface area contributed by atoms with Crippen molar-refractivity contribution in [2.24, 2.45) is 0 Å². The van der Waals surface area contributed by atoms with Crippen molar-refractivity contribution < 1.29 is 19.8 Å². The molecule has 0 fully saturated rings. The fraction of sp³-hybridized carbons (Fsp3) is 0.0417. The Labute approximate surface area is 188 Å².